The van der Waals surface area contributed by atoms with Crippen LogP contribution in [0.3, 0.4) is 0 Å². The number of likely N-dealkylation sites (tertiary alicyclic amines) is 1. The number of amides is 1. The minimum atomic E-state index is 0.0880. The van der Waals surface area contributed by atoms with Crippen LogP contribution in [0.15, 0.2) is 6.20 Å². The maximum absolute atomic E-state index is 12.6. The molecular weight excluding hydrogens is 242 g/mol. The molecular formula is C14H21N3O2. The Hall–Kier alpha value is -1.52. The van der Waals surface area contributed by atoms with Crippen LogP contribution in [0.2, 0.25) is 0 Å². The van der Waals surface area contributed by atoms with Crippen molar-refractivity contribution in [2.24, 2.45) is 0 Å². The van der Waals surface area contributed by atoms with Crippen LogP contribution in [0, 0.1) is 0 Å². The first-order valence-corrected chi connectivity index (χ1v) is 7.34. The number of aromatic nitrogens is 2. The van der Waals surface area contributed by atoms with Crippen LogP contribution in [0.5, 0.6) is 5.88 Å². The van der Waals surface area contributed by atoms with Gasteiger partial charge in [0.05, 0.1) is 12.8 Å². The quantitative estimate of drug-likeness (QED) is 0.779. The molecule has 0 atom stereocenters. The third-order valence-corrected chi connectivity index (χ3v) is 3.92. The van der Waals surface area contributed by atoms with E-state index in [-0.39, 0.29) is 5.91 Å². The minimum Gasteiger partial charge on any atom is -0.477 e. The lowest BCUT2D eigenvalue weighted by Gasteiger charge is -2.25. The van der Waals surface area contributed by atoms with Crippen LogP contribution in [-0.4, -0.2) is 40.3 Å². The molecule has 0 radical (unpaired) electrons. The van der Waals surface area contributed by atoms with E-state index in [1.165, 1.54) is 19.3 Å². The summed E-state index contributed by atoms with van der Waals surface area (Å²) in [6, 6.07) is 0. The third kappa shape index (κ3) is 2.60. The summed E-state index contributed by atoms with van der Waals surface area (Å²) < 4.78 is 7.42. The van der Waals surface area contributed by atoms with Crippen LogP contribution in [-0.2, 0) is 6.54 Å². The number of carbonyl (C=O) groups is 1. The van der Waals surface area contributed by atoms with Crippen molar-refractivity contribution in [1.82, 2.24) is 14.7 Å². The molecule has 0 bridgehead atoms. The number of fused-ring (bicyclic) bond motifs is 1. The first kappa shape index (κ1) is 12.5. The summed E-state index contributed by atoms with van der Waals surface area (Å²) in [5.74, 6) is 0.753. The van der Waals surface area contributed by atoms with Crippen LogP contribution >= 0.6 is 0 Å². The Balaban J connectivity index is 1.76. The van der Waals surface area contributed by atoms with Gasteiger partial charge in [0.15, 0.2) is 0 Å². The summed E-state index contributed by atoms with van der Waals surface area (Å²) in [5, 5.41) is 4.26. The van der Waals surface area contributed by atoms with Crippen molar-refractivity contribution < 1.29 is 9.53 Å². The zero-order valence-electron chi connectivity index (χ0n) is 11.3. The van der Waals surface area contributed by atoms with Crippen molar-refractivity contribution in [2.45, 2.75) is 45.1 Å². The summed E-state index contributed by atoms with van der Waals surface area (Å²) in [7, 11) is 0. The molecule has 5 heteroatoms. The van der Waals surface area contributed by atoms with Crippen LogP contribution in [0.1, 0.15) is 48.9 Å². The van der Waals surface area contributed by atoms with Gasteiger partial charge in [0, 0.05) is 26.1 Å². The Kier molecular flexibility index (Phi) is 3.71. The van der Waals surface area contributed by atoms with E-state index in [0.29, 0.717) is 18.1 Å². The number of rotatable bonds is 1. The molecule has 0 N–H and O–H groups in total. The molecule has 1 aromatic heterocycles. The summed E-state index contributed by atoms with van der Waals surface area (Å²) in [4.78, 5) is 14.6. The molecule has 1 fully saturated rings. The van der Waals surface area contributed by atoms with Crippen molar-refractivity contribution in [2.75, 3.05) is 19.7 Å². The van der Waals surface area contributed by atoms with Gasteiger partial charge in [0.2, 0.25) is 5.88 Å². The van der Waals surface area contributed by atoms with Crippen LogP contribution < -0.4 is 4.74 Å². The second kappa shape index (κ2) is 5.63. The molecule has 3 heterocycles. The third-order valence-electron chi connectivity index (χ3n) is 3.92. The smallest absolute Gasteiger partial charge is 0.260 e. The van der Waals surface area contributed by atoms with E-state index in [9.17, 15) is 4.79 Å². The Bertz CT molecular complexity index is 448. The lowest BCUT2D eigenvalue weighted by atomic mass is 10.1. The lowest BCUT2D eigenvalue weighted by Crippen LogP contribution is -2.34. The number of hydrogen-bond donors (Lipinski definition) is 0. The maximum Gasteiger partial charge on any atom is 0.260 e. The fourth-order valence-electron chi connectivity index (χ4n) is 2.84. The van der Waals surface area contributed by atoms with E-state index in [2.05, 4.69) is 5.10 Å². The summed E-state index contributed by atoms with van der Waals surface area (Å²) in [6.07, 6.45) is 8.60. The summed E-state index contributed by atoms with van der Waals surface area (Å²) in [5.41, 5.74) is 0.639. The Labute approximate surface area is 113 Å². The number of hydrogen-bond acceptors (Lipinski definition) is 3. The molecule has 1 saturated heterocycles. The molecule has 3 rings (SSSR count). The van der Waals surface area contributed by atoms with Gasteiger partial charge in [0.25, 0.3) is 5.91 Å². The van der Waals surface area contributed by atoms with Crippen molar-refractivity contribution >= 4 is 5.91 Å². The lowest BCUT2D eigenvalue weighted by molar-refractivity contribution is 0.0735. The molecule has 0 unspecified atom stereocenters. The van der Waals surface area contributed by atoms with Gasteiger partial charge in [-0.2, -0.15) is 5.10 Å². The zero-order valence-corrected chi connectivity index (χ0v) is 11.3. The molecule has 1 aromatic rings. The highest BCUT2D eigenvalue weighted by atomic mass is 16.5. The molecule has 0 spiro atoms. The second-order valence-corrected chi connectivity index (χ2v) is 5.35. The average Bonchev–Trinajstić information content (AvgIpc) is 2.81. The molecule has 1 amide bonds. The minimum absolute atomic E-state index is 0.0880. The zero-order chi connectivity index (χ0) is 13.1. The van der Waals surface area contributed by atoms with Crippen molar-refractivity contribution in [1.29, 1.82) is 0 Å². The average molecular weight is 263 g/mol. The van der Waals surface area contributed by atoms with Crippen molar-refractivity contribution in [3.05, 3.63) is 11.8 Å². The molecule has 19 heavy (non-hydrogen) atoms. The van der Waals surface area contributed by atoms with E-state index >= 15 is 0 Å². The molecule has 2 aliphatic heterocycles. The fourth-order valence-corrected chi connectivity index (χ4v) is 2.84. The first-order chi connectivity index (χ1) is 9.36. The van der Waals surface area contributed by atoms with E-state index in [1.54, 1.807) is 10.9 Å². The Morgan fingerprint density at radius 2 is 1.79 bits per heavy atom. The molecule has 5 nitrogen and oxygen atoms in total. The van der Waals surface area contributed by atoms with Crippen LogP contribution in [0.4, 0.5) is 0 Å². The number of carbonyl (C=O) groups excluding carboxylic acids is 1. The molecule has 2 aliphatic rings. The Morgan fingerprint density at radius 3 is 2.58 bits per heavy atom. The highest BCUT2D eigenvalue weighted by Gasteiger charge is 2.25. The van der Waals surface area contributed by atoms with Gasteiger partial charge in [0.1, 0.15) is 5.56 Å². The largest absolute Gasteiger partial charge is 0.477 e. The topological polar surface area (TPSA) is 47.4 Å². The maximum atomic E-state index is 12.6. The molecule has 0 saturated carbocycles. The van der Waals surface area contributed by atoms with Gasteiger partial charge in [-0.3, -0.25) is 4.79 Å². The number of nitrogens with zero attached hydrogens (tertiary/aromatic N) is 3. The van der Waals surface area contributed by atoms with E-state index in [0.717, 1.165) is 38.9 Å². The fraction of sp³-hybridized carbons (Fsp3) is 0.714. The normalized spacial score (nSPS) is 20.1. The number of ether oxygens (including phenoxy) is 1. The monoisotopic (exact) mass is 263 g/mol. The van der Waals surface area contributed by atoms with E-state index < -0.39 is 0 Å². The highest BCUT2D eigenvalue weighted by Crippen LogP contribution is 2.24. The second-order valence-electron chi connectivity index (χ2n) is 5.35. The van der Waals surface area contributed by atoms with E-state index in [1.807, 2.05) is 4.90 Å². The van der Waals surface area contributed by atoms with Gasteiger partial charge in [-0.1, -0.05) is 19.3 Å². The highest BCUT2D eigenvalue weighted by molar-refractivity contribution is 5.96. The SMILES string of the molecule is O=C(c1cnn2c1OCCC2)N1CCCCCCC1. The van der Waals surface area contributed by atoms with Gasteiger partial charge in [-0.25, -0.2) is 4.68 Å². The number of aryl methyl sites for hydroxylation is 1. The predicted octanol–water partition coefficient (Wildman–Crippen LogP) is 2.07. The van der Waals surface area contributed by atoms with Gasteiger partial charge in [-0.15, -0.1) is 0 Å². The standard InChI is InChI=1S/C14H21N3O2/c18-13(16-7-4-2-1-3-5-8-16)12-11-15-17-9-6-10-19-14(12)17/h11H,1-10H2. The van der Waals surface area contributed by atoms with Crippen LogP contribution in [0.25, 0.3) is 0 Å². The molecule has 0 aromatic carbocycles. The van der Waals surface area contributed by atoms with Gasteiger partial charge < -0.3 is 9.64 Å². The summed E-state index contributed by atoms with van der Waals surface area (Å²) >= 11 is 0. The van der Waals surface area contributed by atoms with E-state index in [4.69, 9.17) is 4.74 Å². The predicted molar refractivity (Wildman–Crippen MR) is 71.3 cm³/mol. The van der Waals surface area contributed by atoms with Crippen molar-refractivity contribution in [3.8, 4) is 5.88 Å². The molecule has 0 aliphatic carbocycles. The Morgan fingerprint density at radius 1 is 1.05 bits per heavy atom. The van der Waals surface area contributed by atoms with Gasteiger partial charge in [-0.05, 0) is 12.8 Å². The summed E-state index contributed by atoms with van der Waals surface area (Å²) in [6.45, 7) is 3.27. The van der Waals surface area contributed by atoms with Crippen molar-refractivity contribution in [3.63, 3.8) is 0 Å². The van der Waals surface area contributed by atoms with Gasteiger partial charge >= 0.3 is 0 Å². The molecule has 104 valence electrons. The first-order valence-electron chi connectivity index (χ1n) is 7.34.